The summed E-state index contributed by atoms with van der Waals surface area (Å²) in [6.07, 6.45) is 1.79. The van der Waals surface area contributed by atoms with Crippen molar-refractivity contribution in [1.29, 1.82) is 0 Å². The highest BCUT2D eigenvalue weighted by molar-refractivity contribution is 6.17. The monoisotopic (exact) mass is 273 g/mol. The first-order valence-corrected chi connectivity index (χ1v) is 6.51. The molecule has 0 aliphatic rings. The first-order chi connectivity index (χ1) is 8.63. The summed E-state index contributed by atoms with van der Waals surface area (Å²) in [6, 6.07) is 1.75. The Balaban J connectivity index is 2.48. The average Bonchev–Trinajstić information content (AvgIpc) is 2.34. The van der Waals surface area contributed by atoms with Crippen molar-refractivity contribution in [2.24, 2.45) is 0 Å². The molecule has 0 saturated carbocycles. The molecular weight excluding hydrogens is 254 g/mol. The maximum Gasteiger partial charge on any atom is 0.228 e. The van der Waals surface area contributed by atoms with Crippen molar-refractivity contribution < 1.29 is 9.47 Å². The molecule has 0 radical (unpaired) electrons. The molecule has 0 bridgehead atoms. The lowest BCUT2D eigenvalue weighted by Gasteiger charge is -2.17. The van der Waals surface area contributed by atoms with E-state index in [1.807, 2.05) is 25.8 Å². The molecule has 6 heteroatoms. The minimum Gasteiger partial charge on any atom is -0.475 e. The van der Waals surface area contributed by atoms with E-state index in [-0.39, 0.29) is 6.10 Å². The number of rotatable bonds is 8. The molecule has 0 aromatic carbocycles. The van der Waals surface area contributed by atoms with Gasteiger partial charge in [-0.3, -0.25) is 0 Å². The molecule has 18 heavy (non-hydrogen) atoms. The Hall–Kier alpha value is -1.07. The van der Waals surface area contributed by atoms with E-state index < -0.39 is 0 Å². The van der Waals surface area contributed by atoms with Crippen LogP contribution in [0.15, 0.2) is 12.3 Å². The fourth-order valence-corrected chi connectivity index (χ4v) is 1.39. The molecule has 102 valence electrons. The van der Waals surface area contributed by atoms with Gasteiger partial charge in [0.25, 0.3) is 0 Å². The Morgan fingerprint density at radius 1 is 1.39 bits per heavy atom. The molecule has 0 saturated heterocycles. The third-order valence-electron chi connectivity index (χ3n) is 2.11. The molecule has 5 nitrogen and oxygen atoms in total. The third-order valence-corrected chi connectivity index (χ3v) is 2.26. The molecule has 1 aromatic heterocycles. The van der Waals surface area contributed by atoms with Crippen molar-refractivity contribution in [3.8, 4) is 5.88 Å². The van der Waals surface area contributed by atoms with Gasteiger partial charge in [-0.1, -0.05) is 0 Å². The summed E-state index contributed by atoms with van der Waals surface area (Å²) in [4.78, 5) is 10.4. The number of nitrogens with zero attached hydrogens (tertiary/aromatic N) is 3. The highest BCUT2D eigenvalue weighted by Gasteiger charge is 2.06. The molecule has 0 spiro atoms. The van der Waals surface area contributed by atoms with Crippen molar-refractivity contribution in [2.75, 3.05) is 37.6 Å². The molecule has 0 aliphatic heterocycles. The Bertz CT molecular complexity index is 350. The van der Waals surface area contributed by atoms with Crippen LogP contribution in [0.3, 0.4) is 0 Å². The number of likely N-dealkylation sites (N-methyl/N-ethyl adjacent to an activating group) is 1. The van der Waals surface area contributed by atoms with Crippen LogP contribution in [0.1, 0.15) is 13.8 Å². The van der Waals surface area contributed by atoms with Gasteiger partial charge in [0.05, 0.1) is 19.3 Å². The van der Waals surface area contributed by atoms with Gasteiger partial charge >= 0.3 is 0 Å². The predicted molar refractivity (Wildman–Crippen MR) is 72.6 cm³/mol. The number of alkyl halides is 1. The quantitative estimate of drug-likeness (QED) is 0.535. The van der Waals surface area contributed by atoms with E-state index >= 15 is 0 Å². The Labute approximate surface area is 113 Å². The van der Waals surface area contributed by atoms with Crippen LogP contribution in [0.5, 0.6) is 5.88 Å². The van der Waals surface area contributed by atoms with Crippen LogP contribution in [-0.2, 0) is 4.74 Å². The Kier molecular flexibility index (Phi) is 6.75. The van der Waals surface area contributed by atoms with Crippen molar-refractivity contribution in [3.05, 3.63) is 12.3 Å². The van der Waals surface area contributed by atoms with E-state index in [4.69, 9.17) is 21.1 Å². The van der Waals surface area contributed by atoms with Gasteiger partial charge in [-0.15, -0.1) is 11.6 Å². The minimum atomic E-state index is 0.102. The highest BCUT2D eigenvalue weighted by atomic mass is 35.5. The van der Waals surface area contributed by atoms with Gasteiger partial charge < -0.3 is 14.4 Å². The highest BCUT2D eigenvalue weighted by Crippen LogP contribution is 2.12. The van der Waals surface area contributed by atoms with Gasteiger partial charge in [0.1, 0.15) is 0 Å². The van der Waals surface area contributed by atoms with Crippen LogP contribution in [0.4, 0.5) is 5.95 Å². The van der Waals surface area contributed by atoms with Crippen LogP contribution in [0.25, 0.3) is 0 Å². The molecule has 0 N–H and O–H groups in total. The summed E-state index contributed by atoms with van der Waals surface area (Å²) in [5.74, 6) is 1.73. The fraction of sp³-hybridized carbons (Fsp3) is 0.667. The lowest BCUT2D eigenvalue weighted by Crippen LogP contribution is -2.25. The summed E-state index contributed by atoms with van der Waals surface area (Å²) >= 11 is 5.52. The van der Waals surface area contributed by atoms with Crippen LogP contribution in [0, 0.1) is 0 Å². The molecule has 0 fully saturated rings. The SMILES string of the molecule is CC(C)Oc1ccnc(N(C)CCOCCCl)n1. The largest absolute Gasteiger partial charge is 0.475 e. The molecule has 1 aromatic rings. The molecular formula is C12H20ClN3O2. The second-order valence-electron chi connectivity index (χ2n) is 4.08. The van der Waals surface area contributed by atoms with E-state index in [1.165, 1.54) is 0 Å². The van der Waals surface area contributed by atoms with E-state index in [2.05, 4.69) is 9.97 Å². The topological polar surface area (TPSA) is 47.5 Å². The van der Waals surface area contributed by atoms with Crippen LogP contribution >= 0.6 is 11.6 Å². The van der Waals surface area contributed by atoms with E-state index in [0.29, 0.717) is 37.5 Å². The van der Waals surface area contributed by atoms with Crippen molar-refractivity contribution >= 4 is 17.5 Å². The summed E-state index contributed by atoms with van der Waals surface area (Å²) < 4.78 is 10.8. The zero-order valence-electron chi connectivity index (χ0n) is 11.1. The van der Waals surface area contributed by atoms with E-state index in [1.54, 1.807) is 12.3 Å². The zero-order chi connectivity index (χ0) is 13.4. The Morgan fingerprint density at radius 3 is 2.83 bits per heavy atom. The number of hydrogen-bond acceptors (Lipinski definition) is 5. The summed E-state index contributed by atoms with van der Waals surface area (Å²) in [7, 11) is 1.92. The maximum atomic E-state index is 5.52. The van der Waals surface area contributed by atoms with Crippen LogP contribution in [-0.4, -0.2) is 48.8 Å². The van der Waals surface area contributed by atoms with Gasteiger partial charge in [0, 0.05) is 31.7 Å². The number of ether oxygens (including phenoxy) is 2. The molecule has 1 rings (SSSR count). The summed E-state index contributed by atoms with van der Waals surface area (Å²) in [6.45, 7) is 5.80. The smallest absolute Gasteiger partial charge is 0.228 e. The maximum absolute atomic E-state index is 5.52. The van der Waals surface area contributed by atoms with Gasteiger partial charge in [-0.25, -0.2) is 4.98 Å². The van der Waals surface area contributed by atoms with Gasteiger partial charge in [-0.2, -0.15) is 4.98 Å². The molecule has 0 atom stereocenters. The average molecular weight is 274 g/mol. The molecule has 0 aliphatic carbocycles. The van der Waals surface area contributed by atoms with Gasteiger partial charge in [0.15, 0.2) is 0 Å². The summed E-state index contributed by atoms with van der Waals surface area (Å²) in [5, 5.41) is 0. The lowest BCUT2D eigenvalue weighted by atomic mass is 10.5. The van der Waals surface area contributed by atoms with Crippen LogP contribution < -0.4 is 9.64 Å². The van der Waals surface area contributed by atoms with E-state index in [9.17, 15) is 0 Å². The standard InChI is InChI=1S/C12H20ClN3O2/c1-10(2)18-11-4-6-14-12(15-11)16(3)7-9-17-8-5-13/h4,6,10H,5,7-9H2,1-3H3. The fourth-order valence-electron chi connectivity index (χ4n) is 1.28. The number of anilines is 1. The van der Waals surface area contributed by atoms with Crippen LogP contribution in [0.2, 0.25) is 0 Å². The Morgan fingerprint density at radius 2 is 2.17 bits per heavy atom. The number of aromatic nitrogens is 2. The second-order valence-corrected chi connectivity index (χ2v) is 4.46. The number of halogens is 1. The zero-order valence-corrected chi connectivity index (χ0v) is 11.9. The number of hydrogen-bond donors (Lipinski definition) is 0. The normalized spacial score (nSPS) is 10.7. The van der Waals surface area contributed by atoms with Crippen molar-refractivity contribution in [1.82, 2.24) is 9.97 Å². The molecule has 0 amide bonds. The lowest BCUT2D eigenvalue weighted by molar-refractivity contribution is 0.156. The van der Waals surface area contributed by atoms with Crippen molar-refractivity contribution in [3.63, 3.8) is 0 Å². The summed E-state index contributed by atoms with van der Waals surface area (Å²) in [5.41, 5.74) is 0. The van der Waals surface area contributed by atoms with Gasteiger partial charge in [0.2, 0.25) is 11.8 Å². The predicted octanol–water partition coefficient (Wildman–Crippen LogP) is 1.96. The molecule has 1 heterocycles. The first-order valence-electron chi connectivity index (χ1n) is 5.98. The minimum absolute atomic E-state index is 0.102. The third kappa shape index (κ3) is 5.51. The molecule has 0 unspecified atom stereocenters. The second kappa shape index (κ2) is 8.11. The van der Waals surface area contributed by atoms with Gasteiger partial charge in [-0.05, 0) is 13.8 Å². The first kappa shape index (κ1) is 15.0. The van der Waals surface area contributed by atoms with Crippen molar-refractivity contribution in [2.45, 2.75) is 20.0 Å². The van der Waals surface area contributed by atoms with E-state index in [0.717, 1.165) is 0 Å².